The standard InChI is InChI=1S/C20H28ClN7.HI/c1-15-6-7-16(21)13-17(15)26-9-11-27(12-10-26)20(22-2)23-14-19-25-24-18-5-3-4-8-28(18)19;/h6-7,13H,3-5,8-12,14H2,1-2H3,(H,22,23);1H. The number of aliphatic imine (C=N–C) groups is 1. The van der Waals surface area contributed by atoms with Crippen molar-refractivity contribution in [2.45, 2.75) is 39.3 Å². The average molecular weight is 530 g/mol. The van der Waals surface area contributed by atoms with Gasteiger partial charge in [0.2, 0.25) is 0 Å². The molecule has 9 heteroatoms. The van der Waals surface area contributed by atoms with Gasteiger partial charge in [-0.15, -0.1) is 34.2 Å². The average Bonchev–Trinajstić information content (AvgIpc) is 3.14. The molecule has 1 aromatic heterocycles. The van der Waals surface area contributed by atoms with Gasteiger partial charge in [-0.05, 0) is 37.5 Å². The van der Waals surface area contributed by atoms with Crippen LogP contribution < -0.4 is 10.2 Å². The van der Waals surface area contributed by atoms with Gasteiger partial charge in [0.05, 0.1) is 6.54 Å². The Morgan fingerprint density at radius 2 is 1.93 bits per heavy atom. The summed E-state index contributed by atoms with van der Waals surface area (Å²) in [5, 5.41) is 13.0. The minimum Gasteiger partial charge on any atom is -0.368 e. The normalized spacial score (nSPS) is 17.0. The predicted octanol–water partition coefficient (Wildman–Crippen LogP) is 3.09. The number of hydrogen-bond acceptors (Lipinski definition) is 4. The van der Waals surface area contributed by atoms with Crippen molar-refractivity contribution in [3.8, 4) is 0 Å². The van der Waals surface area contributed by atoms with Crippen molar-refractivity contribution >= 4 is 47.2 Å². The van der Waals surface area contributed by atoms with Crippen molar-refractivity contribution in [2.75, 3.05) is 38.1 Å². The topological polar surface area (TPSA) is 61.6 Å². The largest absolute Gasteiger partial charge is 0.368 e. The molecular weight excluding hydrogens is 501 g/mol. The summed E-state index contributed by atoms with van der Waals surface area (Å²) in [6.07, 6.45) is 3.45. The van der Waals surface area contributed by atoms with E-state index in [1.165, 1.54) is 24.1 Å². The summed E-state index contributed by atoms with van der Waals surface area (Å²) in [4.78, 5) is 9.20. The molecule has 4 rings (SSSR count). The molecule has 2 aromatic rings. The zero-order valence-corrected chi connectivity index (χ0v) is 20.2. The first-order valence-corrected chi connectivity index (χ1v) is 10.4. The van der Waals surface area contributed by atoms with Gasteiger partial charge in [0.15, 0.2) is 11.8 Å². The van der Waals surface area contributed by atoms with Gasteiger partial charge >= 0.3 is 0 Å². The van der Waals surface area contributed by atoms with Gasteiger partial charge in [0.1, 0.15) is 5.82 Å². The third-order valence-corrected chi connectivity index (χ3v) is 5.88. The molecule has 2 aliphatic heterocycles. The number of nitrogens with one attached hydrogen (secondary N) is 1. The molecular formula is C20H29ClIN7. The van der Waals surface area contributed by atoms with Crippen molar-refractivity contribution in [1.29, 1.82) is 0 Å². The molecule has 0 saturated carbocycles. The summed E-state index contributed by atoms with van der Waals surface area (Å²) in [6.45, 7) is 7.55. The molecule has 2 aliphatic rings. The van der Waals surface area contributed by atoms with E-state index < -0.39 is 0 Å². The number of piperazine rings is 1. The molecule has 3 heterocycles. The van der Waals surface area contributed by atoms with Crippen LogP contribution >= 0.6 is 35.6 Å². The fraction of sp³-hybridized carbons (Fsp3) is 0.550. The van der Waals surface area contributed by atoms with Crippen molar-refractivity contribution in [3.05, 3.63) is 40.4 Å². The van der Waals surface area contributed by atoms with Crippen LogP contribution in [0.2, 0.25) is 5.02 Å². The minimum absolute atomic E-state index is 0. The molecule has 1 fully saturated rings. The lowest BCUT2D eigenvalue weighted by Gasteiger charge is -2.38. The zero-order chi connectivity index (χ0) is 19.5. The zero-order valence-electron chi connectivity index (χ0n) is 17.1. The van der Waals surface area contributed by atoms with Gasteiger partial charge in [-0.25, -0.2) is 0 Å². The maximum atomic E-state index is 6.20. The SMILES string of the molecule is CN=C(NCc1nnc2n1CCCC2)N1CCN(c2cc(Cl)ccc2C)CC1.I. The number of halogens is 2. The van der Waals surface area contributed by atoms with Crippen LogP contribution in [0, 0.1) is 6.92 Å². The lowest BCUT2D eigenvalue weighted by atomic mass is 10.1. The van der Waals surface area contributed by atoms with E-state index in [0.717, 1.165) is 61.8 Å². The molecule has 1 aromatic carbocycles. The highest BCUT2D eigenvalue weighted by atomic mass is 127. The first kappa shape index (κ1) is 22.1. The number of aromatic nitrogens is 3. The van der Waals surface area contributed by atoms with Gasteiger partial charge in [-0.3, -0.25) is 4.99 Å². The van der Waals surface area contributed by atoms with Crippen LogP contribution in [-0.2, 0) is 19.5 Å². The monoisotopic (exact) mass is 529 g/mol. The Labute approximate surface area is 194 Å². The van der Waals surface area contributed by atoms with Crippen LogP contribution in [0.1, 0.15) is 30.1 Å². The summed E-state index contributed by atoms with van der Waals surface area (Å²) in [7, 11) is 1.84. The van der Waals surface area contributed by atoms with Crippen molar-refractivity contribution in [3.63, 3.8) is 0 Å². The molecule has 7 nitrogen and oxygen atoms in total. The Morgan fingerprint density at radius 3 is 2.69 bits per heavy atom. The summed E-state index contributed by atoms with van der Waals surface area (Å²) in [5.41, 5.74) is 2.49. The van der Waals surface area contributed by atoms with E-state index in [-0.39, 0.29) is 24.0 Å². The van der Waals surface area contributed by atoms with Gasteiger partial charge in [-0.1, -0.05) is 17.7 Å². The van der Waals surface area contributed by atoms with E-state index in [2.05, 4.69) is 53.9 Å². The lowest BCUT2D eigenvalue weighted by molar-refractivity contribution is 0.371. The summed E-state index contributed by atoms with van der Waals surface area (Å²) in [5.74, 6) is 3.04. The smallest absolute Gasteiger partial charge is 0.194 e. The van der Waals surface area contributed by atoms with E-state index >= 15 is 0 Å². The maximum Gasteiger partial charge on any atom is 0.194 e. The molecule has 0 atom stereocenters. The van der Waals surface area contributed by atoms with E-state index in [1.54, 1.807) is 0 Å². The van der Waals surface area contributed by atoms with Crippen LogP contribution in [0.5, 0.6) is 0 Å². The Balaban J connectivity index is 0.00000240. The van der Waals surface area contributed by atoms with Crippen LogP contribution in [0.25, 0.3) is 0 Å². The number of rotatable bonds is 3. The van der Waals surface area contributed by atoms with Gasteiger partial charge < -0.3 is 19.7 Å². The first-order chi connectivity index (χ1) is 13.7. The molecule has 0 radical (unpaired) electrons. The number of nitrogens with zero attached hydrogens (tertiary/aromatic N) is 6. The van der Waals surface area contributed by atoms with Crippen molar-refractivity contribution in [2.24, 2.45) is 4.99 Å². The quantitative estimate of drug-likeness (QED) is 0.376. The number of hydrogen-bond donors (Lipinski definition) is 1. The number of fused-ring (bicyclic) bond motifs is 1. The Morgan fingerprint density at radius 1 is 1.14 bits per heavy atom. The minimum atomic E-state index is 0. The van der Waals surface area contributed by atoms with Gasteiger partial charge in [0.25, 0.3) is 0 Å². The molecule has 0 unspecified atom stereocenters. The van der Waals surface area contributed by atoms with Crippen LogP contribution in [0.4, 0.5) is 5.69 Å². The Kier molecular flexibility index (Phi) is 7.61. The number of aryl methyl sites for hydroxylation is 2. The second-order valence-electron chi connectivity index (χ2n) is 7.45. The van der Waals surface area contributed by atoms with Crippen LogP contribution in [0.15, 0.2) is 23.2 Å². The Bertz CT molecular complexity index is 859. The molecule has 0 bridgehead atoms. The molecule has 1 saturated heterocycles. The van der Waals surface area contributed by atoms with E-state index in [0.29, 0.717) is 6.54 Å². The van der Waals surface area contributed by atoms with Crippen LogP contribution in [-0.4, -0.2) is 58.9 Å². The molecule has 158 valence electrons. The highest BCUT2D eigenvalue weighted by Gasteiger charge is 2.22. The summed E-state index contributed by atoms with van der Waals surface area (Å²) < 4.78 is 2.25. The maximum absolute atomic E-state index is 6.20. The van der Waals surface area contributed by atoms with Gasteiger partial charge in [0, 0.05) is 56.9 Å². The molecule has 0 aliphatic carbocycles. The van der Waals surface area contributed by atoms with E-state index in [4.69, 9.17) is 11.6 Å². The van der Waals surface area contributed by atoms with E-state index in [1.807, 2.05) is 13.1 Å². The highest BCUT2D eigenvalue weighted by molar-refractivity contribution is 14.0. The molecule has 0 spiro atoms. The van der Waals surface area contributed by atoms with Crippen molar-refractivity contribution in [1.82, 2.24) is 25.0 Å². The second-order valence-corrected chi connectivity index (χ2v) is 7.88. The van der Waals surface area contributed by atoms with E-state index in [9.17, 15) is 0 Å². The molecule has 1 N–H and O–H groups in total. The second kappa shape index (κ2) is 9.97. The fourth-order valence-corrected chi connectivity index (χ4v) is 4.24. The van der Waals surface area contributed by atoms with Gasteiger partial charge in [-0.2, -0.15) is 0 Å². The van der Waals surface area contributed by atoms with Crippen molar-refractivity contribution < 1.29 is 0 Å². The summed E-state index contributed by atoms with van der Waals surface area (Å²) in [6, 6.07) is 6.10. The first-order valence-electron chi connectivity index (χ1n) is 10.0. The lowest BCUT2D eigenvalue weighted by Crippen LogP contribution is -2.52. The Hall–Kier alpha value is -1.55. The number of anilines is 1. The number of guanidine groups is 1. The molecule has 29 heavy (non-hydrogen) atoms. The third kappa shape index (κ3) is 4.96. The molecule has 0 amide bonds. The third-order valence-electron chi connectivity index (χ3n) is 5.64. The van der Waals surface area contributed by atoms with Crippen LogP contribution in [0.3, 0.4) is 0 Å². The predicted molar refractivity (Wildman–Crippen MR) is 129 cm³/mol. The highest BCUT2D eigenvalue weighted by Crippen LogP contribution is 2.25. The summed E-state index contributed by atoms with van der Waals surface area (Å²) >= 11 is 6.20. The fourth-order valence-electron chi connectivity index (χ4n) is 4.07. The number of benzene rings is 1.